The predicted octanol–water partition coefficient (Wildman–Crippen LogP) is 0.879. The first-order valence-electron chi connectivity index (χ1n) is 6.19. The molecule has 0 aliphatic carbocycles. The van der Waals surface area contributed by atoms with Crippen LogP contribution in [0.1, 0.15) is 27.2 Å². The molecular weight excluding hydrogens is 264 g/mol. The summed E-state index contributed by atoms with van der Waals surface area (Å²) in [5.74, 6) is 5.54. The van der Waals surface area contributed by atoms with Crippen LogP contribution in [0.4, 0.5) is 17.5 Å². The van der Waals surface area contributed by atoms with Gasteiger partial charge in [-0.1, -0.05) is 13.8 Å². The van der Waals surface area contributed by atoms with Gasteiger partial charge in [-0.2, -0.15) is 4.98 Å². The molecule has 1 aromatic rings. The highest BCUT2D eigenvalue weighted by molar-refractivity contribution is 5.56. The van der Waals surface area contributed by atoms with Gasteiger partial charge >= 0.3 is 5.69 Å². The van der Waals surface area contributed by atoms with Gasteiger partial charge in [-0.15, -0.1) is 0 Å². The minimum Gasteiger partial charge on any atom is -0.388 e. The first-order valence-corrected chi connectivity index (χ1v) is 6.19. The minimum atomic E-state index is -0.997. The number of nitrogens with two attached hydrogens (primary N) is 1. The molecule has 0 radical (unpaired) electrons. The molecule has 0 amide bonds. The lowest BCUT2D eigenvalue weighted by atomic mass is 9.94. The largest absolute Gasteiger partial charge is 0.388 e. The number of hydrazine groups is 1. The highest BCUT2D eigenvalue weighted by Gasteiger charge is 2.24. The number of aromatic nitrogens is 2. The third kappa shape index (κ3) is 4.59. The van der Waals surface area contributed by atoms with Crippen LogP contribution in [-0.4, -0.2) is 32.1 Å². The minimum absolute atomic E-state index is 0.0157. The van der Waals surface area contributed by atoms with Gasteiger partial charge in [0.1, 0.15) is 6.20 Å². The molecular formula is C11H20N6O3. The Labute approximate surface area is 116 Å². The summed E-state index contributed by atoms with van der Waals surface area (Å²) >= 11 is 0. The molecule has 0 saturated heterocycles. The van der Waals surface area contributed by atoms with E-state index in [2.05, 4.69) is 20.7 Å². The highest BCUT2D eigenvalue weighted by atomic mass is 16.6. The van der Waals surface area contributed by atoms with Gasteiger partial charge in [0, 0.05) is 6.54 Å². The molecule has 0 aliphatic rings. The average Bonchev–Trinajstić information content (AvgIpc) is 2.34. The van der Waals surface area contributed by atoms with Crippen LogP contribution in [0.2, 0.25) is 0 Å². The molecule has 0 aromatic carbocycles. The maximum Gasteiger partial charge on any atom is 0.329 e. The number of rotatable bonds is 7. The summed E-state index contributed by atoms with van der Waals surface area (Å²) in [4.78, 5) is 17.9. The van der Waals surface area contributed by atoms with Crippen molar-refractivity contribution in [1.82, 2.24) is 9.97 Å². The summed E-state index contributed by atoms with van der Waals surface area (Å²) < 4.78 is 0. The zero-order valence-electron chi connectivity index (χ0n) is 11.8. The van der Waals surface area contributed by atoms with E-state index in [1.54, 1.807) is 6.92 Å². The van der Waals surface area contributed by atoms with Gasteiger partial charge in [-0.05, 0) is 19.3 Å². The van der Waals surface area contributed by atoms with E-state index in [9.17, 15) is 15.2 Å². The van der Waals surface area contributed by atoms with Crippen molar-refractivity contribution in [2.24, 2.45) is 11.8 Å². The molecule has 0 aliphatic heterocycles. The van der Waals surface area contributed by atoms with E-state index in [-0.39, 0.29) is 24.0 Å². The topological polar surface area (TPSA) is 139 Å². The smallest absolute Gasteiger partial charge is 0.329 e. The van der Waals surface area contributed by atoms with Crippen molar-refractivity contribution in [3.63, 3.8) is 0 Å². The van der Waals surface area contributed by atoms with Gasteiger partial charge in [0.15, 0.2) is 0 Å². The molecule has 20 heavy (non-hydrogen) atoms. The second-order valence-corrected chi connectivity index (χ2v) is 5.28. The first kappa shape index (κ1) is 16.1. The first-order chi connectivity index (χ1) is 9.25. The van der Waals surface area contributed by atoms with Crippen molar-refractivity contribution < 1.29 is 10.0 Å². The molecule has 1 unspecified atom stereocenters. The molecule has 1 heterocycles. The van der Waals surface area contributed by atoms with Crippen LogP contribution < -0.4 is 16.6 Å². The van der Waals surface area contributed by atoms with Gasteiger partial charge < -0.3 is 10.4 Å². The molecule has 1 rings (SSSR count). The number of nitrogens with zero attached hydrogens (tertiary/aromatic N) is 3. The van der Waals surface area contributed by atoms with E-state index < -0.39 is 10.5 Å². The molecule has 112 valence electrons. The standard InChI is InChI=1S/C11H20N6O3/c1-7(2)4-11(3,18)6-14-9-8(17(19)20)5-13-10(15-9)16-12/h5,7,18H,4,6,12H2,1-3H3,(H2,13,14,15,16). The second kappa shape index (κ2) is 6.44. The van der Waals surface area contributed by atoms with E-state index in [1.807, 2.05) is 13.8 Å². The molecule has 0 fully saturated rings. The van der Waals surface area contributed by atoms with E-state index in [0.29, 0.717) is 12.3 Å². The van der Waals surface area contributed by atoms with Crippen LogP contribution >= 0.6 is 0 Å². The van der Waals surface area contributed by atoms with Crippen LogP contribution in [0.3, 0.4) is 0 Å². The summed E-state index contributed by atoms with van der Waals surface area (Å²) in [6.45, 7) is 5.76. The fourth-order valence-electron chi connectivity index (χ4n) is 1.93. The van der Waals surface area contributed by atoms with Crippen molar-refractivity contribution in [2.75, 3.05) is 17.3 Å². The van der Waals surface area contributed by atoms with Gasteiger partial charge in [0.25, 0.3) is 0 Å². The Morgan fingerprint density at radius 2 is 2.25 bits per heavy atom. The monoisotopic (exact) mass is 284 g/mol. The van der Waals surface area contributed by atoms with Crippen LogP contribution in [0.25, 0.3) is 0 Å². The Morgan fingerprint density at radius 3 is 2.75 bits per heavy atom. The lowest BCUT2D eigenvalue weighted by Gasteiger charge is -2.25. The van der Waals surface area contributed by atoms with Crippen molar-refractivity contribution in [1.29, 1.82) is 0 Å². The van der Waals surface area contributed by atoms with Crippen molar-refractivity contribution in [3.05, 3.63) is 16.3 Å². The zero-order valence-corrected chi connectivity index (χ0v) is 11.8. The summed E-state index contributed by atoms with van der Waals surface area (Å²) in [6.07, 6.45) is 1.61. The van der Waals surface area contributed by atoms with Crippen LogP contribution in [0.15, 0.2) is 6.20 Å². The fourth-order valence-corrected chi connectivity index (χ4v) is 1.93. The second-order valence-electron chi connectivity index (χ2n) is 5.28. The van der Waals surface area contributed by atoms with Gasteiger partial charge in [0.2, 0.25) is 11.8 Å². The van der Waals surface area contributed by atoms with Gasteiger partial charge in [0.05, 0.1) is 10.5 Å². The number of aliphatic hydroxyl groups is 1. The number of hydrogen-bond acceptors (Lipinski definition) is 8. The Kier molecular flexibility index (Phi) is 5.17. The van der Waals surface area contributed by atoms with E-state index in [1.165, 1.54) is 0 Å². The van der Waals surface area contributed by atoms with Gasteiger partial charge in [-0.25, -0.2) is 10.8 Å². The highest BCUT2D eigenvalue weighted by Crippen LogP contribution is 2.23. The van der Waals surface area contributed by atoms with Crippen LogP contribution in [-0.2, 0) is 0 Å². The summed E-state index contributed by atoms with van der Waals surface area (Å²) in [6, 6.07) is 0. The molecule has 0 spiro atoms. The molecule has 9 nitrogen and oxygen atoms in total. The van der Waals surface area contributed by atoms with E-state index >= 15 is 0 Å². The SMILES string of the molecule is CC(C)CC(C)(O)CNc1nc(NN)ncc1[N+](=O)[O-]. The van der Waals surface area contributed by atoms with E-state index in [4.69, 9.17) is 5.84 Å². The molecule has 1 atom stereocenters. The van der Waals surface area contributed by atoms with Gasteiger partial charge in [-0.3, -0.25) is 15.5 Å². The predicted molar refractivity (Wildman–Crippen MR) is 75.1 cm³/mol. The maximum atomic E-state index is 10.9. The number of hydrogen-bond donors (Lipinski definition) is 4. The third-order valence-electron chi connectivity index (χ3n) is 2.58. The third-order valence-corrected chi connectivity index (χ3v) is 2.58. The zero-order chi connectivity index (χ0) is 15.3. The molecule has 9 heteroatoms. The molecule has 1 aromatic heterocycles. The molecule has 0 saturated carbocycles. The quantitative estimate of drug-likeness (QED) is 0.328. The molecule has 5 N–H and O–H groups in total. The average molecular weight is 284 g/mol. The number of nitro groups is 1. The Balaban J connectivity index is 2.87. The number of nitrogen functional groups attached to an aromatic ring is 1. The molecule has 0 bridgehead atoms. The lowest BCUT2D eigenvalue weighted by molar-refractivity contribution is -0.384. The Morgan fingerprint density at radius 1 is 1.60 bits per heavy atom. The Bertz CT molecular complexity index is 477. The van der Waals surface area contributed by atoms with Crippen LogP contribution in [0, 0.1) is 16.0 Å². The van der Waals surface area contributed by atoms with E-state index in [0.717, 1.165) is 6.20 Å². The summed E-state index contributed by atoms with van der Waals surface area (Å²) in [7, 11) is 0. The number of anilines is 2. The summed E-state index contributed by atoms with van der Waals surface area (Å²) in [5.41, 5.74) is 0.945. The Hall–Kier alpha value is -2.00. The van der Waals surface area contributed by atoms with Crippen molar-refractivity contribution in [3.8, 4) is 0 Å². The normalized spacial score (nSPS) is 13.9. The summed E-state index contributed by atoms with van der Waals surface area (Å²) in [5, 5.41) is 23.9. The fraction of sp³-hybridized carbons (Fsp3) is 0.636. The van der Waals surface area contributed by atoms with Crippen LogP contribution in [0.5, 0.6) is 0 Å². The number of nitrogens with one attached hydrogen (secondary N) is 2. The van der Waals surface area contributed by atoms with Crippen molar-refractivity contribution >= 4 is 17.5 Å². The lowest BCUT2D eigenvalue weighted by Crippen LogP contribution is -2.35. The van der Waals surface area contributed by atoms with Crippen molar-refractivity contribution in [2.45, 2.75) is 32.8 Å². The maximum absolute atomic E-state index is 10.9.